The van der Waals surface area contributed by atoms with Crippen LogP contribution in [0.15, 0.2) is 22.7 Å². The molecule has 0 unspecified atom stereocenters. The minimum Gasteiger partial charge on any atom is -0.465 e. The predicted molar refractivity (Wildman–Crippen MR) is 76.2 cm³/mol. The Hall–Kier alpha value is -2.08. The van der Waals surface area contributed by atoms with Crippen LogP contribution in [0.3, 0.4) is 0 Å². The molecule has 1 aliphatic rings. The van der Waals surface area contributed by atoms with Gasteiger partial charge in [-0.25, -0.2) is 4.79 Å². The molecule has 110 valence electrons. The first-order valence-corrected chi connectivity index (χ1v) is 7.04. The number of aromatic nitrogens is 2. The second-order valence-corrected chi connectivity index (χ2v) is 5.41. The van der Waals surface area contributed by atoms with Crippen LogP contribution in [0.1, 0.15) is 30.3 Å². The topological polar surface area (TPSA) is 79.5 Å². The SMILES string of the molecule is Cc1c(Cl)cccc1-c1nc([C@@H]2CCCN2C(=O)O)no1. The van der Waals surface area contributed by atoms with Gasteiger partial charge in [0.05, 0.1) is 6.04 Å². The number of likely N-dealkylation sites (tertiary alicyclic amines) is 1. The van der Waals surface area contributed by atoms with Gasteiger partial charge in [0.1, 0.15) is 0 Å². The minimum atomic E-state index is -0.956. The standard InChI is InChI=1S/C14H14ClN3O3/c1-8-9(4-2-5-10(8)15)13-16-12(17-21-13)11-6-3-7-18(11)14(19)20/h2,4-5,11H,3,6-7H2,1H3,(H,19,20)/t11-/m0/s1. The molecule has 2 aromatic rings. The van der Waals surface area contributed by atoms with Gasteiger partial charge in [-0.3, -0.25) is 4.90 Å². The van der Waals surface area contributed by atoms with E-state index < -0.39 is 6.09 Å². The van der Waals surface area contributed by atoms with Gasteiger partial charge in [-0.15, -0.1) is 0 Å². The summed E-state index contributed by atoms with van der Waals surface area (Å²) in [5.74, 6) is 0.770. The molecule has 1 atom stereocenters. The molecule has 1 aliphatic heterocycles. The van der Waals surface area contributed by atoms with Gasteiger partial charge in [-0.1, -0.05) is 22.8 Å². The van der Waals surface area contributed by atoms with E-state index in [-0.39, 0.29) is 6.04 Å². The summed E-state index contributed by atoms with van der Waals surface area (Å²) in [5.41, 5.74) is 1.62. The summed E-state index contributed by atoms with van der Waals surface area (Å²) in [6, 6.07) is 5.12. The maximum atomic E-state index is 11.2. The molecule has 0 saturated carbocycles. The van der Waals surface area contributed by atoms with Crippen molar-refractivity contribution >= 4 is 17.7 Å². The molecule has 1 aromatic heterocycles. The van der Waals surface area contributed by atoms with Crippen LogP contribution in [0.2, 0.25) is 5.02 Å². The summed E-state index contributed by atoms with van der Waals surface area (Å²) in [6.07, 6.45) is 0.555. The second-order valence-electron chi connectivity index (χ2n) is 5.00. The van der Waals surface area contributed by atoms with Gasteiger partial charge in [-0.2, -0.15) is 4.98 Å². The summed E-state index contributed by atoms with van der Waals surface area (Å²) >= 11 is 6.09. The van der Waals surface area contributed by atoms with E-state index in [9.17, 15) is 9.90 Å². The van der Waals surface area contributed by atoms with E-state index in [1.54, 1.807) is 6.07 Å². The highest BCUT2D eigenvalue weighted by atomic mass is 35.5. The molecule has 0 aliphatic carbocycles. The number of benzene rings is 1. The smallest absolute Gasteiger partial charge is 0.407 e. The van der Waals surface area contributed by atoms with Crippen LogP contribution < -0.4 is 0 Å². The zero-order chi connectivity index (χ0) is 15.0. The number of hydrogen-bond donors (Lipinski definition) is 1. The van der Waals surface area contributed by atoms with E-state index in [1.807, 2.05) is 19.1 Å². The largest absolute Gasteiger partial charge is 0.465 e. The zero-order valence-electron chi connectivity index (χ0n) is 11.4. The molecular formula is C14H14ClN3O3. The van der Waals surface area contributed by atoms with Crippen molar-refractivity contribution in [2.45, 2.75) is 25.8 Å². The van der Waals surface area contributed by atoms with Crippen LogP contribution in [-0.2, 0) is 0 Å². The van der Waals surface area contributed by atoms with Crippen LogP contribution in [0.4, 0.5) is 4.79 Å². The quantitative estimate of drug-likeness (QED) is 0.918. The summed E-state index contributed by atoms with van der Waals surface area (Å²) in [7, 11) is 0. The highest BCUT2D eigenvalue weighted by Crippen LogP contribution is 2.32. The first-order chi connectivity index (χ1) is 10.1. The number of rotatable bonds is 2. The van der Waals surface area contributed by atoms with Crippen molar-refractivity contribution in [1.82, 2.24) is 15.0 Å². The Morgan fingerprint density at radius 1 is 1.52 bits per heavy atom. The molecule has 1 saturated heterocycles. The lowest BCUT2D eigenvalue weighted by atomic mass is 10.1. The van der Waals surface area contributed by atoms with E-state index in [0.29, 0.717) is 29.7 Å². The van der Waals surface area contributed by atoms with Crippen molar-refractivity contribution < 1.29 is 14.4 Å². The maximum absolute atomic E-state index is 11.2. The van der Waals surface area contributed by atoms with Crippen molar-refractivity contribution in [1.29, 1.82) is 0 Å². The molecule has 3 rings (SSSR count). The van der Waals surface area contributed by atoms with Crippen molar-refractivity contribution in [3.63, 3.8) is 0 Å². The maximum Gasteiger partial charge on any atom is 0.407 e. The Morgan fingerprint density at radius 3 is 3.10 bits per heavy atom. The molecule has 0 bridgehead atoms. The molecule has 1 aromatic carbocycles. The minimum absolute atomic E-state index is 0.334. The average molecular weight is 308 g/mol. The fraction of sp³-hybridized carbons (Fsp3) is 0.357. The van der Waals surface area contributed by atoms with Crippen LogP contribution in [0, 0.1) is 6.92 Å². The first kappa shape index (κ1) is 13.9. The molecule has 1 N–H and O–H groups in total. The van der Waals surface area contributed by atoms with Crippen LogP contribution >= 0.6 is 11.6 Å². The number of carboxylic acid groups (broad SMARTS) is 1. The van der Waals surface area contributed by atoms with Crippen molar-refractivity contribution in [2.24, 2.45) is 0 Å². The Bertz CT molecular complexity index is 686. The zero-order valence-corrected chi connectivity index (χ0v) is 12.2. The Morgan fingerprint density at radius 2 is 2.33 bits per heavy atom. The number of amides is 1. The lowest BCUT2D eigenvalue weighted by Gasteiger charge is -2.17. The number of nitrogens with zero attached hydrogens (tertiary/aromatic N) is 3. The Kier molecular flexibility index (Phi) is 3.55. The van der Waals surface area contributed by atoms with Crippen molar-refractivity contribution in [3.8, 4) is 11.5 Å². The molecule has 7 heteroatoms. The summed E-state index contributed by atoms with van der Waals surface area (Å²) < 4.78 is 5.29. The monoisotopic (exact) mass is 307 g/mol. The van der Waals surface area contributed by atoms with E-state index >= 15 is 0 Å². The molecule has 2 heterocycles. The lowest BCUT2D eigenvalue weighted by molar-refractivity contribution is 0.138. The third kappa shape index (κ3) is 2.47. The Labute approximate surface area is 126 Å². The van der Waals surface area contributed by atoms with E-state index in [1.165, 1.54) is 4.90 Å². The fourth-order valence-electron chi connectivity index (χ4n) is 2.58. The van der Waals surface area contributed by atoms with Gasteiger partial charge in [0, 0.05) is 17.1 Å². The third-order valence-corrected chi connectivity index (χ3v) is 4.15. The third-order valence-electron chi connectivity index (χ3n) is 3.74. The van der Waals surface area contributed by atoms with E-state index in [0.717, 1.165) is 17.5 Å². The van der Waals surface area contributed by atoms with Gasteiger partial charge in [0.15, 0.2) is 5.82 Å². The summed E-state index contributed by atoms with van der Waals surface area (Å²) in [5, 5.41) is 13.7. The lowest BCUT2D eigenvalue weighted by Crippen LogP contribution is -2.29. The molecule has 6 nitrogen and oxygen atoms in total. The molecular weight excluding hydrogens is 294 g/mol. The van der Waals surface area contributed by atoms with Crippen molar-refractivity contribution in [2.75, 3.05) is 6.54 Å². The number of hydrogen-bond acceptors (Lipinski definition) is 4. The first-order valence-electron chi connectivity index (χ1n) is 6.66. The fourth-order valence-corrected chi connectivity index (χ4v) is 2.76. The van der Waals surface area contributed by atoms with Crippen LogP contribution in [-0.4, -0.2) is 32.8 Å². The number of halogens is 1. The summed E-state index contributed by atoms with van der Waals surface area (Å²) in [4.78, 5) is 16.9. The van der Waals surface area contributed by atoms with Gasteiger partial charge in [0.2, 0.25) is 0 Å². The van der Waals surface area contributed by atoms with Gasteiger partial charge in [-0.05, 0) is 37.5 Å². The number of carbonyl (C=O) groups is 1. The van der Waals surface area contributed by atoms with Gasteiger partial charge >= 0.3 is 6.09 Å². The highest BCUT2D eigenvalue weighted by molar-refractivity contribution is 6.31. The Balaban J connectivity index is 1.93. The summed E-state index contributed by atoms with van der Waals surface area (Å²) in [6.45, 7) is 2.38. The normalized spacial score (nSPS) is 18.2. The molecule has 0 radical (unpaired) electrons. The average Bonchev–Trinajstić information content (AvgIpc) is 3.09. The molecule has 0 spiro atoms. The van der Waals surface area contributed by atoms with Crippen molar-refractivity contribution in [3.05, 3.63) is 34.6 Å². The second kappa shape index (κ2) is 5.37. The van der Waals surface area contributed by atoms with Gasteiger partial charge in [0.25, 0.3) is 5.89 Å². The van der Waals surface area contributed by atoms with Crippen LogP contribution in [0.25, 0.3) is 11.5 Å². The predicted octanol–water partition coefficient (Wildman–Crippen LogP) is 3.51. The molecule has 21 heavy (non-hydrogen) atoms. The molecule has 1 fully saturated rings. The van der Waals surface area contributed by atoms with Crippen LogP contribution in [0.5, 0.6) is 0 Å². The molecule has 1 amide bonds. The van der Waals surface area contributed by atoms with E-state index in [2.05, 4.69) is 10.1 Å². The highest BCUT2D eigenvalue weighted by Gasteiger charge is 2.33. The van der Waals surface area contributed by atoms with Gasteiger partial charge < -0.3 is 9.63 Å². The van der Waals surface area contributed by atoms with E-state index in [4.69, 9.17) is 16.1 Å².